The summed E-state index contributed by atoms with van der Waals surface area (Å²) in [5.74, 6) is 0. The molecule has 5 rings (SSSR count). The van der Waals surface area contributed by atoms with Crippen LogP contribution in [0.5, 0.6) is 0 Å². The average molecular weight is 473 g/mol. The molecule has 1 aliphatic rings. The van der Waals surface area contributed by atoms with E-state index in [4.69, 9.17) is 0 Å². The maximum absolute atomic E-state index is 16.4. The van der Waals surface area contributed by atoms with Crippen LogP contribution in [0.1, 0.15) is 58.2 Å². The van der Waals surface area contributed by atoms with Crippen LogP contribution in [0.2, 0.25) is 0 Å². The van der Waals surface area contributed by atoms with Gasteiger partial charge in [0.25, 0.3) is 0 Å². The van der Waals surface area contributed by atoms with Crippen molar-refractivity contribution in [3.05, 3.63) is 71.3 Å². The van der Waals surface area contributed by atoms with Crippen molar-refractivity contribution in [3.63, 3.8) is 0 Å². The Bertz CT molecular complexity index is 1500. The Morgan fingerprint density at radius 3 is 1.94 bits per heavy atom. The van der Waals surface area contributed by atoms with Crippen molar-refractivity contribution in [2.75, 3.05) is 19.0 Å². The van der Waals surface area contributed by atoms with Gasteiger partial charge in [-0.2, -0.15) is 0 Å². The van der Waals surface area contributed by atoms with E-state index in [2.05, 4.69) is 59.7 Å². The van der Waals surface area contributed by atoms with Crippen LogP contribution in [0.3, 0.4) is 0 Å². The van der Waals surface area contributed by atoms with Gasteiger partial charge in [-0.1, -0.05) is 47.6 Å². The van der Waals surface area contributed by atoms with Gasteiger partial charge in [0.1, 0.15) is 6.21 Å². The van der Waals surface area contributed by atoms with Gasteiger partial charge < -0.3 is 22.5 Å². The molecule has 4 aromatic rings. The number of fused-ring (bicyclic) bond motifs is 3. The normalized spacial score (nSPS) is 15.5. The van der Waals surface area contributed by atoms with Crippen LogP contribution in [0.25, 0.3) is 21.8 Å². The fourth-order valence-corrected chi connectivity index (χ4v) is 5.07. The SMILES string of the molecule is CN(C)c1ccc([N+]2=Cc3cc(C(C)(C)C)cc4c5cc(C(C)(C)C)ccc5n(c34)[B-]2(F)F)cc1. The molecule has 3 nitrogen and oxygen atoms in total. The zero-order valence-electron chi connectivity index (χ0n) is 21.9. The maximum atomic E-state index is 16.4. The molecule has 35 heavy (non-hydrogen) atoms. The van der Waals surface area contributed by atoms with Crippen molar-refractivity contribution in [2.45, 2.75) is 52.4 Å². The predicted octanol–water partition coefficient (Wildman–Crippen LogP) is 7.45. The van der Waals surface area contributed by atoms with Crippen LogP contribution >= 0.6 is 0 Å². The van der Waals surface area contributed by atoms with Crippen LogP contribution in [0.15, 0.2) is 54.6 Å². The van der Waals surface area contributed by atoms with E-state index in [9.17, 15) is 0 Å². The van der Waals surface area contributed by atoms with Gasteiger partial charge in [-0.15, -0.1) is 0 Å². The molecule has 0 N–H and O–H groups in total. The van der Waals surface area contributed by atoms with Gasteiger partial charge in [-0.3, -0.25) is 0 Å². The zero-order valence-corrected chi connectivity index (χ0v) is 21.9. The number of hydrogen-bond acceptors (Lipinski definition) is 1. The number of aromatic nitrogens is 1. The maximum Gasteiger partial charge on any atom is 0.737 e. The Morgan fingerprint density at radius 2 is 1.37 bits per heavy atom. The first kappa shape index (κ1) is 23.6. The molecule has 0 atom stereocenters. The first-order chi connectivity index (χ1) is 16.2. The molecule has 1 aliphatic heterocycles. The summed E-state index contributed by atoms with van der Waals surface area (Å²) < 4.78 is 35.3. The molecule has 182 valence electrons. The lowest BCUT2D eigenvalue weighted by atomic mass is 9.83. The summed E-state index contributed by atoms with van der Waals surface area (Å²) in [4.78, 5) is 1.97. The molecule has 3 aromatic carbocycles. The second-order valence-corrected chi connectivity index (χ2v) is 12.1. The fraction of sp³-hybridized carbons (Fsp3) is 0.345. The monoisotopic (exact) mass is 473 g/mol. The standard InChI is InChI=1S/C29H34BF2N3/c1-28(2,3)20-9-14-26-24(16-20)25-17-21(29(4,5)6)15-19-18-34(30(31,32)35(26)27(19)25)23-12-10-22(11-13-23)33(7)8/h9-18H,1-8H3. The van der Waals surface area contributed by atoms with Crippen LogP contribution in [0.4, 0.5) is 20.0 Å². The van der Waals surface area contributed by atoms with Crippen LogP contribution < -0.4 is 4.90 Å². The molecule has 6 heteroatoms. The number of benzene rings is 3. The van der Waals surface area contributed by atoms with Gasteiger partial charge in [0.15, 0.2) is 5.69 Å². The highest BCUT2D eigenvalue weighted by Crippen LogP contribution is 2.42. The number of rotatable bonds is 2. The molecule has 2 heterocycles. The van der Waals surface area contributed by atoms with Crippen molar-refractivity contribution >= 4 is 46.4 Å². The first-order valence-electron chi connectivity index (χ1n) is 12.3. The molecule has 0 unspecified atom stereocenters. The van der Waals surface area contributed by atoms with Gasteiger partial charge >= 0.3 is 6.97 Å². The average Bonchev–Trinajstić information content (AvgIpc) is 3.10. The lowest BCUT2D eigenvalue weighted by Crippen LogP contribution is -2.47. The van der Waals surface area contributed by atoms with Gasteiger partial charge in [0, 0.05) is 53.7 Å². The van der Waals surface area contributed by atoms with E-state index in [1.54, 1.807) is 18.3 Å². The molecular weight excluding hydrogens is 439 g/mol. The minimum atomic E-state index is -4.10. The fourth-order valence-electron chi connectivity index (χ4n) is 5.07. The molecule has 0 saturated carbocycles. The first-order valence-corrected chi connectivity index (χ1v) is 12.3. The highest BCUT2D eigenvalue weighted by Gasteiger charge is 2.49. The van der Waals surface area contributed by atoms with Crippen LogP contribution in [0, 0.1) is 0 Å². The molecule has 0 fully saturated rings. The van der Waals surface area contributed by atoms with E-state index in [1.165, 1.54) is 8.96 Å². The Morgan fingerprint density at radius 1 is 0.771 bits per heavy atom. The van der Waals surface area contributed by atoms with E-state index in [1.807, 2.05) is 43.3 Å². The third kappa shape index (κ3) is 3.65. The largest absolute Gasteiger partial charge is 0.737 e. The Balaban J connectivity index is 1.86. The minimum Gasteiger partial charge on any atom is -0.389 e. The number of anilines is 1. The number of halogens is 2. The quantitative estimate of drug-likeness (QED) is 0.275. The van der Waals surface area contributed by atoms with E-state index in [0.717, 1.165) is 33.2 Å². The Hall–Kier alpha value is -3.15. The van der Waals surface area contributed by atoms with Gasteiger partial charge in [0.2, 0.25) is 0 Å². The van der Waals surface area contributed by atoms with E-state index in [0.29, 0.717) is 16.7 Å². The summed E-state index contributed by atoms with van der Waals surface area (Å²) in [5.41, 5.74) is 5.56. The van der Waals surface area contributed by atoms with Gasteiger partial charge in [-0.05, 0) is 58.4 Å². The highest BCUT2D eigenvalue weighted by atomic mass is 19.2. The third-order valence-electron chi connectivity index (χ3n) is 7.25. The highest BCUT2D eigenvalue weighted by molar-refractivity contribution is 6.60. The van der Waals surface area contributed by atoms with Crippen molar-refractivity contribution in [3.8, 4) is 0 Å². The molecule has 0 saturated heterocycles. The number of hydrogen-bond donors (Lipinski definition) is 0. The van der Waals surface area contributed by atoms with Gasteiger partial charge in [0.05, 0.1) is 5.56 Å². The second kappa shape index (κ2) is 7.43. The van der Waals surface area contributed by atoms with Crippen LogP contribution in [-0.4, -0.2) is 36.2 Å². The molecule has 0 amide bonds. The molecule has 1 aromatic heterocycles. The van der Waals surface area contributed by atoms with Crippen molar-refractivity contribution < 1.29 is 13.1 Å². The zero-order chi connectivity index (χ0) is 25.5. The molecule has 0 bridgehead atoms. The smallest absolute Gasteiger partial charge is 0.389 e. The summed E-state index contributed by atoms with van der Waals surface area (Å²) in [6.45, 7) is 8.87. The number of nitrogens with zero attached hydrogens (tertiary/aromatic N) is 3. The topological polar surface area (TPSA) is 11.2 Å². The van der Waals surface area contributed by atoms with Gasteiger partial charge in [-0.25, -0.2) is 0 Å². The molecule has 0 spiro atoms. The van der Waals surface area contributed by atoms with Crippen molar-refractivity contribution in [2.24, 2.45) is 0 Å². The summed E-state index contributed by atoms with van der Waals surface area (Å²) >= 11 is 0. The van der Waals surface area contributed by atoms with E-state index < -0.39 is 6.97 Å². The summed E-state index contributed by atoms with van der Waals surface area (Å²) in [7, 11) is 3.89. The van der Waals surface area contributed by atoms with Crippen molar-refractivity contribution in [1.29, 1.82) is 0 Å². The summed E-state index contributed by atoms with van der Waals surface area (Å²) in [6, 6.07) is 17.5. The predicted molar refractivity (Wildman–Crippen MR) is 146 cm³/mol. The minimum absolute atomic E-state index is 0.0761. The van der Waals surface area contributed by atoms with Crippen LogP contribution in [-0.2, 0) is 10.8 Å². The third-order valence-corrected chi connectivity index (χ3v) is 7.25. The second-order valence-electron chi connectivity index (χ2n) is 12.1. The van der Waals surface area contributed by atoms with E-state index in [-0.39, 0.29) is 10.8 Å². The summed E-state index contributed by atoms with van der Waals surface area (Å²) in [6.07, 6.45) is 1.64. The molecule has 0 aliphatic carbocycles. The summed E-state index contributed by atoms with van der Waals surface area (Å²) in [5, 5.41) is 1.79. The van der Waals surface area contributed by atoms with Crippen molar-refractivity contribution in [1.82, 2.24) is 4.48 Å². The molecular formula is C29H34BF2N3. The Kier molecular flexibility index (Phi) is 5.01. The lowest BCUT2D eigenvalue weighted by molar-refractivity contribution is -0.325. The van der Waals surface area contributed by atoms with E-state index >= 15 is 8.63 Å². The molecule has 0 radical (unpaired) electrons. The Labute approximate surface area is 206 Å². The lowest BCUT2D eigenvalue weighted by Gasteiger charge is -2.30.